The summed E-state index contributed by atoms with van der Waals surface area (Å²) in [5.41, 5.74) is 0. The largest absolute Gasteiger partial charge is 0.315 e. The molecule has 0 aromatic rings. The second kappa shape index (κ2) is 6.39. The van der Waals surface area contributed by atoms with Crippen LogP contribution in [-0.2, 0) is 0 Å². The molecular formula is C11H26N2. The number of hydrogen-bond donors (Lipinski definition) is 1. The first kappa shape index (κ1) is 12.9. The lowest BCUT2D eigenvalue weighted by Gasteiger charge is -2.35. The van der Waals surface area contributed by atoms with Gasteiger partial charge in [-0.1, -0.05) is 27.2 Å². The summed E-state index contributed by atoms with van der Waals surface area (Å²) >= 11 is 0. The van der Waals surface area contributed by atoms with E-state index in [0.717, 1.165) is 0 Å². The molecule has 0 aliphatic carbocycles. The van der Waals surface area contributed by atoms with Crippen molar-refractivity contribution in [1.82, 2.24) is 10.2 Å². The Morgan fingerprint density at radius 1 is 1.23 bits per heavy atom. The van der Waals surface area contributed by atoms with Crippen LogP contribution in [0.25, 0.3) is 0 Å². The molecule has 1 N–H and O–H groups in total. The zero-order valence-corrected chi connectivity index (χ0v) is 10.1. The highest BCUT2D eigenvalue weighted by Crippen LogP contribution is 2.15. The molecule has 0 aliphatic heterocycles. The van der Waals surface area contributed by atoms with E-state index >= 15 is 0 Å². The van der Waals surface area contributed by atoms with Crippen LogP contribution in [0, 0.1) is 5.92 Å². The van der Waals surface area contributed by atoms with Gasteiger partial charge in [-0.15, -0.1) is 0 Å². The minimum atomic E-state index is 0.625. The summed E-state index contributed by atoms with van der Waals surface area (Å²) in [7, 11) is 6.41. The smallest absolute Gasteiger partial charge is 0.0266 e. The Kier molecular flexibility index (Phi) is 6.35. The number of hydrogen-bond acceptors (Lipinski definition) is 2. The number of likely N-dealkylation sites (N-methyl/N-ethyl adjacent to an activating group) is 2. The maximum absolute atomic E-state index is 3.42. The summed E-state index contributed by atoms with van der Waals surface area (Å²) in [6.07, 6.45) is 2.51. The number of rotatable bonds is 6. The predicted molar refractivity (Wildman–Crippen MR) is 60.1 cm³/mol. The molecule has 0 heterocycles. The molecule has 2 unspecified atom stereocenters. The summed E-state index contributed by atoms with van der Waals surface area (Å²) in [6.45, 7) is 6.84. The molecule has 0 fully saturated rings. The molecule has 0 radical (unpaired) electrons. The normalized spacial score (nSPS) is 16.6. The van der Waals surface area contributed by atoms with Crippen molar-refractivity contribution in [3.8, 4) is 0 Å². The van der Waals surface area contributed by atoms with Gasteiger partial charge in [0.25, 0.3) is 0 Å². The molecule has 0 bridgehead atoms. The van der Waals surface area contributed by atoms with Gasteiger partial charge in [0.2, 0.25) is 0 Å². The van der Waals surface area contributed by atoms with Crippen LogP contribution in [0.4, 0.5) is 0 Å². The van der Waals surface area contributed by atoms with Crippen molar-refractivity contribution in [3.63, 3.8) is 0 Å². The maximum Gasteiger partial charge on any atom is 0.0266 e. The van der Waals surface area contributed by atoms with Gasteiger partial charge < -0.3 is 10.2 Å². The Labute approximate surface area is 83.7 Å². The van der Waals surface area contributed by atoms with Crippen LogP contribution in [0.1, 0.15) is 33.6 Å². The van der Waals surface area contributed by atoms with Crippen LogP contribution in [0.2, 0.25) is 0 Å². The Balaban J connectivity index is 4.30. The molecule has 0 aliphatic rings. The highest BCUT2D eigenvalue weighted by molar-refractivity contribution is 4.83. The van der Waals surface area contributed by atoms with E-state index in [1.807, 2.05) is 0 Å². The van der Waals surface area contributed by atoms with Crippen molar-refractivity contribution >= 4 is 0 Å². The zero-order chi connectivity index (χ0) is 10.4. The van der Waals surface area contributed by atoms with E-state index in [1.165, 1.54) is 12.8 Å². The van der Waals surface area contributed by atoms with Gasteiger partial charge in [-0.05, 0) is 33.5 Å². The SMILES string of the molecule is CCCC(NC)C(C(C)C)N(C)C. The predicted octanol–water partition coefficient (Wildman–Crippen LogP) is 1.96. The number of nitrogens with zero attached hydrogens (tertiary/aromatic N) is 1. The van der Waals surface area contributed by atoms with E-state index in [-0.39, 0.29) is 0 Å². The second-order valence-corrected chi connectivity index (χ2v) is 4.38. The van der Waals surface area contributed by atoms with E-state index < -0.39 is 0 Å². The minimum Gasteiger partial charge on any atom is -0.315 e. The summed E-state index contributed by atoms with van der Waals surface area (Å²) < 4.78 is 0. The van der Waals surface area contributed by atoms with Gasteiger partial charge in [0.15, 0.2) is 0 Å². The summed E-state index contributed by atoms with van der Waals surface area (Å²) in [6, 6.07) is 1.27. The molecule has 0 aromatic carbocycles. The Hall–Kier alpha value is -0.0800. The van der Waals surface area contributed by atoms with Crippen molar-refractivity contribution < 1.29 is 0 Å². The highest BCUT2D eigenvalue weighted by Gasteiger charge is 2.23. The molecule has 0 spiro atoms. The van der Waals surface area contributed by atoms with Gasteiger partial charge in [-0.3, -0.25) is 0 Å². The fraction of sp³-hybridized carbons (Fsp3) is 1.00. The molecule has 2 atom stereocenters. The Bertz CT molecular complexity index is 113. The quantitative estimate of drug-likeness (QED) is 0.682. The molecule has 0 saturated carbocycles. The van der Waals surface area contributed by atoms with E-state index in [9.17, 15) is 0 Å². The third-order valence-electron chi connectivity index (χ3n) is 2.66. The number of nitrogens with one attached hydrogen (secondary N) is 1. The van der Waals surface area contributed by atoms with Crippen LogP contribution in [0.3, 0.4) is 0 Å². The lowest BCUT2D eigenvalue weighted by molar-refractivity contribution is 0.174. The van der Waals surface area contributed by atoms with Crippen molar-refractivity contribution in [2.24, 2.45) is 5.92 Å². The van der Waals surface area contributed by atoms with Gasteiger partial charge in [-0.25, -0.2) is 0 Å². The molecule has 0 saturated heterocycles. The second-order valence-electron chi connectivity index (χ2n) is 4.38. The molecule has 2 nitrogen and oxygen atoms in total. The standard InChI is InChI=1S/C11H26N2/c1-7-8-10(12-4)11(9(2)3)13(5)6/h9-12H,7-8H2,1-6H3. The van der Waals surface area contributed by atoms with E-state index in [2.05, 4.69) is 52.1 Å². The molecule has 2 heteroatoms. The molecule has 0 rings (SSSR count). The van der Waals surface area contributed by atoms with Crippen molar-refractivity contribution in [1.29, 1.82) is 0 Å². The summed E-state index contributed by atoms with van der Waals surface area (Å²) in [4.78, 5) is 2.33. The third-order valence-corrected chi connectivity index (χ3v) is 2.66. The Morgan fingerprint density at radius 3 is 2.00 bits per heavy atom. The van der Waals surface area contributed by atoms with Gasteiger partial charge in [0, 0.05) is 12.1 Å². The summed E-state index contributed by atoms with van der Waals surface area (Å²) in [5.74, 6) is 0.707. The Morgan fingerprint density at radius 2 is 1.77 bits per heavy atom. The first-order valence-electron chi connectivity index (χ1n) is 5.38. The lowest BCUT2D eigenvalue weighted by Crippen LogP contribution is -2.49. The van der Waals surface area contributed by atoms with Gasteiger partial charge in [0.1, 0.15) is 0 Å². The third kappa shape index (κ3) is 4.10. The van der Waals surface area contributed by atoms with Crippen molar-refractivity contribution in [3.05, 3.63) is 0 Å². The van der Waals surface area contributed by atoms with E-state index in [4.69, 9.17) is 0 Å². The van der Waals surface area contributed by atoms with Gasteiger partial charge >= 0.3 is 0 Å². The van der Waals surface area contributed by atoms with Gasteiger partial charge in [-0.2, -0.15) is 0 Å². The van der Waals surface area contributed by atoms with Crippen molar-refractivity contribution in [2.45, 2.75) is 45.7 Å². The monoisotopic (exact) mass is 186 g/mol. The van der Waals surface area contributed by atoms with Crippen LogP contribution >= 0.6 is 0 Å². The molecular weight excluding hydrogens is 160 g/mol. The van der Waals surface area contributed by atoms with Crippen LogP contribution in [0.15, 0.2) is 0 Å². The lowest BCUT2D eigenvalue weighted by atomic mass is 9.92. The highest BCUT2D eigenvalue weighted by atomic mass is 15.1. The zero-order valence-electron chi connectivity index (χ0n) is 10.1. The molecule has 0 aromatic heterocycles. The first-order valence-corrected chi connectivity index (χ1v) is 5.38. The summed E-state index contributed by atoms with van der Waals surface area (Å²) in [5, 5.41) is 3.42. The topological polar surface area (TPSA) is 15.3 Å². The first-order chi connectivity index (χ1) is 6.04. The molecule has 0 amide bonds. The van der Waals surface area contributed by atoms with Crippen LogP contribution < -0.4 is 5.32 Å². The molecule has 13 heavy (non-hydrogen) atoms. The van der Waals surface area contributed by atoms with E-state index in [0.29, 0.717) is 18.0 Å². The minimum absolute atomic E-state index is 0.625. The average Bonchev–Trinajstić information content (AvgIpc) is 2.02. The van der Waals surface area contributed by atoms with Crippen LogP contribution in [-0.4, -0.2) is 38.1 Å². The van der Waals surface area contributed by atoms with Crippen LogP contribution in [0.5, 0.6) is 0 Å². The van der Waals surface area contributed by atoms with Gasteiger partial charge in [0.05, 0.1) is 0 Å². The maximum atomic E-state index is 3.42. The van der Waals surface area contributed by atoms with E-state index in [1.54, 1.807) is 0 Å². The fourth-order valence-corrected chi connectivity index (χ4v) is 2.22. The van der Waals surface area contributed by atoms with Crippen molar-refractivity contribution in [2.75, 3.05) is 21.1 Å². The average molecular weight is 186 g/mol. The fourth-order valence-electron chi connectivity index (χ4n) is 2.22. The molecule has 80 valence electrons.